The van der Waals surface area contributed by atoms with Gasteiger partial charge < -0.3 is 50.4 Å². The van der Waals surface area contributed by atoms with Crippen molar-refractivity contribution in [3.8, 4) is 0 Å². The Morgan fingerprint density at radius 3 is 0.729 bits per heavy atom. The summed E-state index contributed by atoms with van der Waals surface area (Å²) in [6.07, 6.45) is 22.9. The summed E-state index contributed by atoms with van der Waals surface area (Å²) < 4.78 is 0. The molecule has 0 fully saturated rings. The molecule has 4 N–H and O–H groups in total. The molecule has 16 heteroatoms. The van der Waals surface area contributed by atoms with Crippen LogP contribution in [-0.2, 0) is 19.2 Å². The van der Waals surface area contributed by atoms with Crippen LogP contribution in [0.1, 0.15) is 138 Å². The summed E-state index contributed by atoms with van der Waals surface area (Å²) in [7, 11) is 3.50. The van der Waals surface area contributed by atoms with Gasteiger partial charge in [-0.15, -0.1) is 0 Å². The van der Waals surface area contributed by atoms with Crippen molar-refractivity contribution in [2.45, 2.75) is 138 Å². The largest absolute Gasteiger partial charge is 1.00 e. The average Bonchev–Trinajstić information content (AvgIpc) is 3.32. The third-order valence-corrected chi connectivity index (χ3v) is 11.8. The van der Waals surface area contributed by atoms with Gasteiger partial charge in [-0.25, -0.2) is 9.59 Å². The molecule has 0 aromatic carbocycles. The number of carboxylic acids is 4. The number of rotatable bonds is 9. The second-order valence-electron chi connectivity index (χ2n) is 16.7. The van der Waals surface area contributed by atoms with E-state index in [1.807, 2.05) is 39.8 Å². The molecule has 0 saturated heterocycles. The second kappa shape index (κ2) is 53.0. The molecule has 0 unspecified atom stereocenters. The molecule has 376 valence electrons. The van der Waals surface area contributed by atoms with Crippen LogP contribution in [0.15, 0.2) is 119 Å². The maximum atomic E-state index is 10.5. The van der Waals surface area contributed by atoms with Gasteiger partial charge in [-0.1, -0.05) is 96.7 Å². The maximum Gasteiger partial charge on any atom is 1.00 e. The first-order valence-corrected chi connectivity index (χ1v) is 22.4. The molecule has 5 aliphatic rings. The number of carboxylic acid groups (broad SMARTS) is 4. The van der Waals surface area contributed by atoms with Crippen molar-refractivity contribution >= 4 is 23.9 Å². The number of carbonyl (C=O) groups excluding carboxylic acids is 2. The predicted molar refractivity (Wildman–Crippen MR) is 260 cm³/mol. The fourth-order valence-corrected chi connectivity index (χ4v) is 7.30. The topological polar surface area (TPSA) is 241 Å². The van der Waals surface area contributed by atoms with Crippen LogP contribution in [-0.4, -0.2) is 72.7 Å². The quantitative estimate of drug-likeness (QED) is 0.126. The maximum absolute atomic E-state index is 10.5. The molecule has 0 heterocycles. The zero-order valence-corrected chi connectivity index (χ0v) is 54.0. The molecule has 12 nitrogen and oxygen atoms in total. The van der Waals surface area contributed by atoms with Gasteiger partial charge in [0.25, 0.3) is 0 Å². The monoisotopic (exact) mass is 1020 g/mol. The van der Waals surface area contributed by atoms with E-state index in [0.717, 1.165) is 108 Å². The number of hydrogen-bond acceptors (Lipinski definition) is 10. The van der Waals surface area contributed by atoms with E-state index in [9.17, 15) is 29.4 Å². The molecule has 0 saturated carbocycles. The number of hydrogen-bond donors (Lipinski definition) is 4. The van der Waals surface area contributed by atoms with Crippen molar-refractivity contribution in [2.24, 2.45) is 29.6 Å². The second-order valence-corrected chi connectivity index (χ2v) is 16.7. The standard InChI is InChI=1S/4C10H14O2.C10H16.2CH4O.2CH3O.4Na/c4*1-7(2)8-3-5-9(6-4-8)10(11)12;1-8(2)10-6-4-9(3)5-7-10;4*1-2;;;;/h4*5,8H,1,3-4,6H2,2H3,(H,11,12);4,10H,1,5-7H2,2-3H3;2*2H,1H3;2*1H3;;;;/q;;;;;;;2*-1;4*+1/p-2/t4*8-;10-;;;;;;;;/m11000......../s1. The minimum absolute atomic E-state index is 0. The van der Waals surface area contributed by atoms with Crippen LogP contribution in [0.3, 0.4) is 0 Å². The number of aliphatic carboxylic acids is 4. The molecule has 5 rings (SSSR count). The molecule has 0 aliphatic heterocycles. The van der Waals surface area contributed by atoms with Gasteiger partial charge in [-0.3, -0.25) is 0 Å². The van der Waals surface area contributed by atoms with Crippen molar-refractivity contribution in [3.05, 3.63) is 119 Å². The SMILES string of the molecule is C=C(C)[C@@H]1CC=C(C(=O)O)CC1.C=C(C)[C@@H]1CC=C(C(=O)[O-])CC1.C=C(C)[C@H]1CC=C(C(=O)O)CC1.C=C(C)[C@H]1CC=C(C(=O)[O-])CC1.C=C(C)[C@H]1CC=C(C)CC1.CO.CO.C[O-].C[O-].[Na+].[Na+].[Na+].[Na+]. The van der Waals surface area contributed by atoms with Crippen LogP contribution < -0.4 is 139 Å². The number of aliphatic hydroxyl groups excluding tert-OH is 2. The van der Waals surface area contributed by atoms with Gasteiger partial charge in [-0.2, -0.15) is 14.2 Å². The van der Waals surface area contributed by atoms with Crippen molar-refractivity contribution < 1.29 is 178 Å². The Morgan fingerprint density at radius 2 is 0.600 bits per heavy atom. The molecule has 0 bridgehead atoms. The molecular formula is C54H84Na4O12. The zero-order chi connectivity index (χ0) is 52.1. The van der Waals surface area contributed by atoms with Gasteiger partial charge in [-0.05, 0) is 179 Å². The molecule has 0 aromatic heterocycles. The van der Waals surface area contributed by atoms with Crippen LogP contribution in [0, 0.1) is 29.6 Å². The van der Waals surface area contributed by atoms with Gasteiger partial charge in [0.2, 0.25) is 0 Å². The number of allylic oxidation sites excluding steroid dienone is 11. The summed E-state index contributed by atoms with van der Waals surface area (Å²) in [6.45, 7) is 31.8. The van der Waals surface area contributed by atoms with E-state index in [0.29, 0.717) is 71.6 Å². The van der Waals surface area contributed by atoms with Gasteiger partial charge in [0, 0.05) is 25.4 Å². The van der Waals surface area contributed by atoms with Gasteiger partial charge in [0.05, 0.1) is 11.9 Å². The van der Waals surface area contributed by atoms with Crippen LogP contribution >= 0.6 is 0 Å². The summed E-state index contributed by atoms with van der Waals surface area (Å²) in [4.78, 5) is 41.9. The van der Waals surface area contributed by atoms with Crippen molar-refractivity contribution in [1.82, 2.24) is 0 Å². The Bertz CT molecular complexity index is 1520. The van der Waals surface area contributed by atoms with Crippen LogP contribution in [0.2, 0.25) is 0 Å². The van der Waals surface area contributed by atoms with E-state index >= 15 is 0 Å². The predicted octanol–water partition coefficient (Wildman–Crippen LogP) is -4.68. The molecular weight excluding hydrogens is 933 g/mol. The molecule has 0 amide bonds. The molecule has 5 atom stereocenters. The normalized spacial score (nSPS) is 19.9. The summed E-state index contributed by atoms with van der Waals surface area (Å²) in [5, 5.41) is 68.7. The van der Waals surface area contributed by atoms with Gasteiger partial charge in [0.15, 0.2) is 0 Å². The summed E-state index contributed by atoms with van der Waals surface area (Å²) >= 11 is 0. The third-order valence-electron chi connectivity index (χ3n) is 11.8. The van der Waals surface area contributed by atoms with E-state index in [1.165, 1.54) is 24.8 Å². The third kappa shape index (κ3) is 40.5. The minimum Gasteiger partial charge on any atom is -0.857 e. The average molecular weight is 1020 g/mol. The van der Waals surface area contributed by atoms with Crippen molar-refractivity contribution in [1.29, 1.82) is 0 Å². The number of aliphatic hydroxyl groups is 2. The van der Waals surface area contributed by atoms with Crippen molar-refractivity contribution in [3.63, 3.8) is 0 Å². The summed E-state index contributed by atoms with van der Waals surface area (Å²) in [6, 6.07) is 0. The summed E-state index contributed by atoms with van der Waals surface area (Å²) in [5.74, 6) is -0.887. The molecule has 0 radical (unpaired) electrons. The first-order valence-electron chi connectivity index (χ1n) is 22.4. The Kier molecular flexibility index (Phi) is 65.0. The Balaban J connectivity index is -0.000000109. The minimum atomic E-state index is -1.02. The van der Waals surface area contributed by atoms with Crippen LogP contribution in [0.25, 0.3) is 0 Å². The van der Waals surface area contributed by atoms with E-state index in [1.54, 1.807) is 17.7 Å². The van der Waals surface area contributed by atoms with Crippen LogP contribution in [0.4, 0.5) is 0 Å². The van der Waals surface area contributed by atoms with E-state index in [4.69, 9.17) is 30.6 Å². The molecule has 70 heavy (non-hydrogen) atoms. The van der Waals surface area contributed by atoms with E-state index in [-0.39, 0.29) is 118 Å². The van der Waals surface area contributed by atoms with Gasteiger partial charge >= 0.3 is 130 Å². The van der Waals surface area contributed by atoms with E-state index < -0.39 is 23.9 Å². The first-order chi connectivity index (χ1) is 31.1. The first kappa shape index (κ1) is 85.9. The fourth-order valence-electron chi connectivity index (χ4n) is 7.30. The number of carbonyl (C=O) groups is 4. The van der Waals surface area contributed by atoms with Gasteiger partial charge in [0.1, 0.15) is 0 Å². The Morgan fingerprint density at radius 1 is 0.414 bits per heavy atom. The Hall–Kier alpha value is -0.880. The molecule has 5 aliphatic carbocycles. The molecule has 0 spiro atoms. The summed E-state index contributed by atoms with van der Waals surface area (Å²) in [5.41, 5.74) is 9.54. The van der Waals surface area contributed by atoms with E-state index in [2.05, 4.69) is 52.8 Å². The Labute approximate surface area is 511 Å². The molecule has 0 aromatic rings. The zero-order valence-electron chi connectivity index (χ0n) is 46.0. The van der Waals surface area contributed by atoms with Crippen molar-refractivity contribution in [2.75, 3.05) is 28.4 Å². The smallest absolute Gasteiger partial charge is 0.857 e. The van der Waals surface area contributed by atoms with Crippen LogP contribution in [0.5, 0.6) is 0 Å². The fraction of sp³-hybridized carbons (Fsp3) is 0.556.